The lowest BCUT2D eigenvalue weighted by Gasteiger charge is -2.48. The lowest BCUT2D eigenvalue weighted by molar-refractivity contribution is -0.379. The summed E-state index contributed by atoms with van der Waals surface area (Å²) in [6, 6.07) is -0.993. The molecule has 3 saturated heterocycles. The van der Waals surface area contributed by atoms with Gasteiger partial charge in [0.05, 0.1) is 38.6 Å². The van der Waals surface area contributed by atoms with Crippen molar-refractivity contribution < 1.29 is 89.4 Å². The molecule has 0 aromatic rings. The molecule has 3 rings (SSSR count). The van der Waals surface area contributed by atoms with Crippen LogP contribution in [0.2, 0.25) is 0 Å². The van der Waals surface area contributed by atoms with Crippen molar-refractivity contribution in [3.05, 3.63) is 48.6 Å². The number of rotatable bonds is 46. The summed E-state index contributed by atoms with van der Waals surface area (Å²) in [6.07, 6.45) is 24.4. The zero-order chi connectivity index (χ0) is 59.0. The Bertz CT molecular complexity index is 1670. The number of hydrogen-bond acceptors (Lipinski definition) is 18. The molecule has 0 aromatic carbocycles. The first-order valence-electron chi connectivity index (χ1n) is 31.4. The first-order chi connectivity index (χ1) is 39.3. The highest BCUT2D eigenvalue weighted by molar-refractivity contribution is 5.76. The monoisotopic (exact) mass is 1160 g/mol. The molecule has 81 heavy (non-hydrogen) atoms. The Morgan fingerprint density at radius 3 is 1.31 bits per heavy atom. The summed E-state index contributed by atoms with van der Waals surface area (Å²) in [4.78, 5) is 13.3. The molecule has 3 aliphatic heterocycles. The number of allylic oxidation sites excluding steroid dienone is 7. The predicted octanol–water partition coefficient (Wildman–Crippen LogP) is 6.26. The second kappa shape index (κ2) is 45.1. The molecule has 19 nitrogen and oxygen atoms in total. The standard InChI is InChI=1S/C62H111NO18/c1-3-5-7-9-11-13-14-15-16-17-18-19-20-21-22-23-24-25-26-27-28-29-30-32-34-36-38-40-50(68)63-45(46(67)39-37-35-33-31-12-10-8-6-4-2)44-76-60-56(74)53(71)58(48(42-65)78-60)81-62-57(75)54(72)59(49(43-66)79-62)80-61-55(73)52(70)51(69)47(41-64)77-61/h4,6,12,17-18,31,37,39,45-49,51-62,64-67,69-75H,3,5,7-11,13-16,19-30,32-36,38,40-44H2,1-2H3,(H,63,68)/b6-4+,18-17-,31-12+,39-37+. The van der Waals surface area contributed by atoms with Gasteiger partial charge < -0.3 is 89.9 Å². The van der Waals surface area contributed by atoms with Gasteiger partial charge in [0.1, 0.15) is 73.2 Å². The van der Waals surface area contributed by atoms with Crippen molar-refractivity contribution in [1.29, 1.82) is 0 Å². The summed E-state index contributed by atoms with van der Waals surface area (Å²) in [6.45, 7) is 1.45. The smallest absolute Gasteiger partial charge is 0.220 e. The Labute approximate surface area is 484 Å². The van der Waals surface area contributed by atoms with Crippen molar-refractivity contribution in [1.82, 2.24) is 5.32 Å². The Morgan fingerprint density at radius 2 is 0.840 bits per heavy atom. The Balaban J connectivity index is 1.39. The molecule has 0 radical (unpaired) electrons. The van der Waals surface area contributed by atoms with E-state index in [1.165, 1.54) is 135 Å². The summed E-state index contributed by atoms with van der Waals surface area (Å²) in [7, 11) is 0. The van der Waals surface area contributed by atoms with Crippen LogP contribution in [0.4, 0.5) is 0 Å². The van der Waals surface area contributed by atoms with E-state index in [4.69, 9.17) is 28.4 Å². The number of nitrogens with one attached hydrogen (secondary N) is 1. The third-order valence-corrected chi connectivity index (χ3v) is 15.7. The molecule has 1 amide bonds. The molecule has 0 bridgehead atoms. The molecular formula is C62H111NO18. The summed E-state index contributed by atoms with van der Waals surface area (Å²) in [5.74, 6) is -0.293. The maximum absolute atomic E-state index is 13.3. The number of carbonyl (C=O) groups excluding carboxylic acids is 1. The van der Waals surface area contributed by atoms with Crippen LogP contribution in [0, 0.1) is 0 Å². The van der Waals surface area contributed by atoms with Crippen molar-refractivity contribution >= 4 is 5.91 Å². The quantitative estimate of drug-likeness (QED) is 0.0236. The van der Waals surface area contributed by atoms with Gasteiger partial charge in [0.15, 0.2) is 18.9 Å². The van der Waals surface area contributed by atoms with Gasteiger partial charge in [0.2, 0.25) is 5.91 Å². The van der Waals surface area contributed by atoms with E-state index >= 15 is 0 Å². The van der Waals surface area contributed by atoms with Crippen molar-refractivity contribution in [2.75, 3.05) is 26.4 Å². The number of amides is 1. The number of carbonyl (C=O) groups is 1. The van der Waals surface area contributed by atoms with Gasteiger partial charge in [0.25, 0.3) is 0 Å². The van der Waals surface area contributed by atoms with E-state index in [1.54, 1.807) is 6.08 Å². The second-order valence-corrected chi connectivity index (χ2v) is 22.5. The molecular weight excluding hydrogens is 1050 g/mol. The summed E-state index contributed by atoms with van der Waals surface area (Å²) >= 11 is 0. The fourth-order valence-electron chi connectivity index (χ4n) is 10.5. The summed E-state index contributed by atoms with van der Waals surface area (Å²) in [5, 5.41) is 120. The molecule has 12 N–H and O–H groups in total. The molecule has 17 unspecified atom stereocenters. The van der Waals surface area contributed by atoms with E-state index in [9.17, 15) is 61.0 Å². The first-order valence-corrected chi connectivity index (χ1v) is 31.4. The fourth-order valence-corrected chi connectivity index (χ4v) is 10.5. The van der Waals surface area contributed by atoms with Crippen LogP contribution in [-0.2, 0) is 33.2 Å². The maximum Gasteiger partial charge on any atom is 0.220 e. The molecule has 3 fully saturated rings. The number of ether oxygens (including phenoxy) is 6. The van der Waals surface area contributed by atoms with Gasteiger partial charge in [0, 0.05) is 6.42 Å². The van der Waals surface area contributed by atoms with Crippen molar-refractivity contribution in [2.45, 2.75) is 311 Å². The summed E-state index contributed by atoms with van der Waals surface area (Å²) in [5.41, 5.74) is 0. The third kappa shape index (κ3) is 28.7. The van der Waals surface area contributed by atoms with Crippen molar-refractivity contribution in [2.24, 2.45) is 0 Å². The van der Waals surface area contributed by atoms with Gasteiger partial charge in [-0.2, -0.15) is 0 Å². The molecule has 0 saturated carbocycles. The van der Waals surface area contributed by atoms with E-state index in [2.05, 4.69) is 42.6 Å². The summed E-state index contributed by atoms with van der Waals surface area (Å²) < 4.78 is 34.1. The highest BCUT2D eigenvalue weighted by Crippen LogP contribution is 2.33. The van der Waals surface area contributed by atoms with Gasteiger partial charge in [-0.1, -0.05) is 184 Å². The van der Waals surface area contributed by atoms with Crippen molar-refractivity contribution in [3.8, 4) is 0 Å². The number of hydrogen-bond donors (Lipinski definition) is 12. The molecule has 17 atom stereocenters. The molecule has 472 valence electrons. The molecule has 19 heteroatoms. The topological polar surface area (TPSA) is 307 Å². The van der Waals surface area contributed by atoms with Gasteiger partial charge >= 0.3 is 0 Å². The van der Waals surface area contributed by atoms with Crippen LogP contribution in [0.3, 0.4) is 0 Å². The van der Waals surface area contributed by atoms with Gasteiger partial charge in [-0.15, -0.1) is 0 Å². The van der Waals surface area contributed by atoms with E-state index < -0.39 is 124 Å². The lowest BCUT2D eigenvalue weighted by Crippen LogP contribution is -2.66. The van der Waals surface area contributed by atoms with Crippen LogP contribution in [0.1, 0.15) is 206 Å². The average Bonchev–Trinajstić information content (AvgIpc) is 3.55. The van der Waals surface area contributed by atoms with Crippen LogP contribution < -0.4 is 5.32 Å². The Hall–Kier alpha value is -2.25. The molecule has 3 heterocycles. The highest BCUT2D eigenvalue weighted by Gasteiger charge is 2.53. The first kappa shape index (κ1) is 73.0. The minimum absolute atomic E-state index is 0.232. The van der Waals surface area contributed by atoms with E-state index in [1.807, 2.05) is 19.1 Å². The predicted molar refractivity (Wildman–Crippen MR) is 309 cm³/mol. The molecule has 0 spiro atoms. The van der Waals surface area contributed by atoms with Crippen molar-refractivity contribution in [3.63, 3.8) is 0 Å². The van der Waals surface area contributed by atoms with Crippen LogP contribution in [0.25, 0.3) is 0 Å². The van der Waals surface area contributed by atoms with Crippen LogP contribution >= 0.6 is 0 Å². The van der Waals surface area contributed by atoms with Crippen LogP contribution in [0.15, 0.2) is 48.6 Å². The molecule has 0 aliphatic carbocycles. The van der Waals surface area contributed by atoms with Crippen LogP contribution in [0.5, 0.6) is 0 Å². The average molecular weight is 1160 g/mol. The second-order valence-electron chi connectivity index (χ2n) is 22.5. The minimum atomic E-state index is -1.98. The largest absolute Gasteiger partial charge is 0.394 e. The SMILES string of the molecule is C/C=C/CC/C=C/CC/C=C/C(O)C(COC1OC(CO)C(OC2OC(CO)C(OC3OC(CO)C(O)C(O)C3O)C(O)C2O)C(O)C1O)NC(=O)CCCCCCCCCCCCCCCCC/C=C\CCCCCCCCCC. The number of aliphatic hydroxyl groups is 11. The van der Waals surface area contributed by atoms with Gasteiger partial charge in [-0.3, -0.25) is 4.79 Å². The lowest BCUT2D eigenvalue weighted by atomic mass is 9.96. The van der Waals surface area contributed by atoms with Gasteiger partial charge in [-0.05, 0) is 64.7 Å². The van der Waals surface area contributed by atoms with E-state index in [0.717, 1.165) is 38.5 Å². The van der Waals surface area contributed by atoms with Crippen LogP contribution in [-0.4, -0.2) is 193 Å². The third-order valence-electron chi connectivity index (χ3n) is 15.7. The highest BCUT2D eigenvalue weighted by atomic mass is 16.8. The van der Waals surface area contributed by atoms with Gasteiger partial charge in [-0.25, -0.2) is 0 Å². The molecule has 3 aliphatic rings. The maximum atomic E-state index is 13.3. The fraction of sp³-hybridized carbons (Fsp3) is 0.855. The van der Waals surface area contributed by atoms with E-state index in [-0.39, 0.29) is 18.9 Å². The Kier molecular flexibility index (Phi) is 40.7. The number of unbranched alkanes of at least 4 members (excludes halogenated alkanes) is 25. The minimum Gasteiger partial charge on any atom is -0.394 e. The normalized spacial score (nSPS) is 30.1. The number of aliphatic hydroxyl groups excluding tert-OH is 11. The van der Waals surface area contributed by atoms with E-state index in [0.29, 0.717) is 12.8 Å². The zero-order valence-electron chi connectivity index (χ0n) is 49.3. The Morgan fingerprint density at radius 1 is 0.457 bits per heavy atom. The zero-order valence-corrected chi connectivity index (χ0v) is 49.3. The molecule has 0 aromatic heterocycles.